The molecular formula is C21H25N3O3S. The maximum Gasteiger partial charge on any atom is 0.253 e. The Morgan fingerprint density at radius 1 is 1.14 bits per heavy atom. The van der Waals surface area contributed by atoms with Gasteiger partial charge in [-0.05, 0) is 55.5 Å². The average Bonchev–Trinajstić information content (AvgIpc) is 3.55. The normalized spacial score (nSPS) is 21.3. The fourth-order valence-electron chi connectivity index (χ4n) is 3.92. The van der Waals surface area contributed by atoms with Crippen LogP contribution in [0.2, 0.25) is 0 Å². The first-order chi connectivity index (χ1) is 13.5. The summed E-state index contributed by atoms with van der Waals surface area (Å²) in [6.45, 7) is 1.24. The minimum Gasteiger partial charge on any atom is -0.337 e. The highest BCUT2D eigenvalue weighted by Gasteiger charge is 2.45. The molecule has 1 aromatic heterocycles. The summed E-state index contributed by atoms with van der Waals surface area (Å²) < 4.78 is 28.7. The minimum atomic E-state index is -3.49. The van der Waals surface area contributed by atoms with Gasteiger partial charge in [0.1, 0.15) is 0 Å². The van der Waals surface area contributed by atoms with Crippen molar-refractivity contribution in [3.8, 4) is 0 Å². The third-order valence-electron chi connectivity index (χ3n) is 5.88. The smallest absolute Gasteiger partial charge is 0.253 e. The van der Waals surface area contributed by atoms with E-state index in [4.69, 9.17) is 0 Å². The first-order valence-corrected chi connectivity index (χ1v) is 11.3. The van der Waals surface area contributed by atoms with Crippen molar-refractivity contribution in [3.05, 3.63) is 66.0 Å². The van der Waals surface area contributed by atoms with E-state index in [0.717, 1.165) is 18.4 Å². The third kappa shape index (κ3) is 3.95. The fraction of sp³-hybridized carbons (Fsp3) is 0.429. The van der Waals surface area contributed by atoms with Crippen LogP contribution in [-0.2, 0) is 15.4 Å². The van der Waals surface area contributed by atoms with Crippen molar-refractivity contribution in [2.24, 2.45) is 0 Å². The van der Waals surface area contributed by atoms with E-state index >= 15 is 0 Å². The molecule has 1 saturated carbocycles. The predicted molar refractivity (Wildman–Crippen MR) is 107 cm³/mol. The summed E-state index contributed by atoms with van der Waals surface area (Å²) in [4.78, 5) is 18.4. The number of sulfonamides is 1. The molecule has 6 nitrogen and oxygen atoms in total. The lowest BCUT2D eigenvalue weighted by Crippen LogP contribution is -2.49. The third-order valence-corrected chi connectivity index (χ3v) is 7.69. The van der Waals surface area contributed by atoms with Crippen LogP contribution in [-0.4, -0.2) is 49.1 Å². The molecule has 1 aliphatic carbocycles. The fourth-order valence-corrected chi connectivity index (χ4v) is 5.49. The van der Waals surface area contributed by atoms with Gasteiger partial charge < -0.3 is 4.90 Å². The van der Waals surface area contributed by atoms with Crippen molar-refractivity contribution < 1.29 is 13.2 Å². The van der Waals surface area contributed by atoms with Gasteiger partial charge in [-0.15, -0.1) is 0 Å². The van der Waals surface area contributed by atoms with E-state index in [1.807, 2.05) is 30.3 Å². The molecule has 28 heavy (non-hydrogen) atoms. The molecule has 1 aromatic carbocycles. The van der Waals surface area contributed by atoms with Gasteiger partial charge in [-0.1, -0.05) is 18.2 Å². The molecule has 4 rings (SSSR count). The van der Waals surface area contributed by atoms with Gasteiger partial charge in [-0.3, -0.25) is 9.78 Å². The number of benzene rings is 1. The number of nitrogens with zero attached hydrogens (tertiary/aromatic N) is 2. The minimum absolute atomic E-state index is 0.101. The molecule has 2 aliphatic rings. The standard InChI is InChI=1S/C21H25N3O3S/c25-20(17-5-2-1-3-6-17)24-14-4-7-19(15-24)28(26,27)23-16-21(10-11-21)18-8-12-22-13-9-18/h1-3,5-6,8-9,12-13,19,23H,4,7,10-11,14-16H2/t19-/m1/s1. The number of hydrogen-bond donors (Lipinski definition) is 1. The van der Waals surface area contributed by atoms with Crippen LogP contribution in [0, 0.1) is 0 Å². The Hall–Kier alpha value is -2.25. The van der Waals surface area contributed by atoms with Crippen LogP contribution >= 0.6 is 0 Å². The molecule has 1 aliphatic heterocycles. The van der Waals surface area contributed by atoms with Gasteiger partial charge in [0.2, 0.25) is 10.0 Å². The Labute approximate surface area is 166 Å². The maximum absolute atomic E-state index is 12.9. The number of aromatic nitrogens is 1. The Bertz CT molecular complexity index is 928. The summed E-state index contributed by atoms with van der Waals surface area (Å²) in [5.74, 6) is -0.101. The van der Waals surface area contributed by atoms with Gasteiger partial charge in [0.05, 0.1) is 5.25 Å². The lowest BCUT2D eigenvalue weighted by molar-refractivity contribution is 0.0726. The second-order valence-corrected chi connectivity index (χ2v) is 9.81. The molecular weight excluding hydrogens is 374 g/mol. The first kappa shape index (κ1) is 19.1. The SMILES string of the molecule is O=C(c1ccccc1)N1CCC[C@@H](S(=O)(=O)NCC2(c3ccncc3)CC2)C1. The van der Waals surface area contributed by atoms with Gasteiger partial charge in [-0.25, -0.2) is 13.1 Å². The van der Waals surface area contributed by atoms with Gasteiger partial charge >= 0.3 is 0 Å². The molecule has 1 N–H and O–H groups in total. The summed E-state index contributed by atoms with van der Waals surface area (Å²) in [5, 5.41) is -0.567. The zero-order valence-corrected chi connectivity index (χ0v) is 16.6. The molecule has 7 heteroatoms. The van der Waals surface area contributed by atoms with Crippen molar-refractivity contribution in [2.75, 3.05) is 19.6 Å². The van der Waals surface area contributed by atoms with E-state index in [1.54, 1.807) is 29.4 Å². The number of pyridine rings is 1. The monoisotopic (exact) mass is 399 g/mol. The lowest BCUT2D eigenvalue weighted by atomic mass is 9.98. The predicted octanol–water partition coefficient (Wildman–Crippen LogP) is 2.34. The lowest BCUT2D eigenvalue weighted by Gasteiger charge is -2.33. The zero-order chi connectivity index (χ0) is 19.6. The van der Waals surface area contributed by atoms with Crippen LogP contribution in [0.15, 0.2) is 54.9 Å². The molecule has 148 valence electrons. The van der Waals surface area contributed by atoms with E-state index in [2.05, 4.69) is 9.71 Å². The van der Waals surface area contributed by atoms with Gasteiger partial charge in [0.25, 0.3) is 5.91 Å². The van der Waals surface area contributed by atoms with Crippen molar-refractivity contribution in [1.29, 1.82) is 0 Å². The highest BCUT2D eigenvalue weighted by atomic mass is 32.2. The van der Waals surface area contributed by atoms with Crippen molar-refractivity contribution in [2.45, 2.75) is 36.3 Å². The van der Waals surface area contributed by atoms with E-state index in [-0.39, 0.29) is 17.9 Å². The second kappa shape index (κ2) is 7.64. The quantitative estimate of drug-likeness (QED) is 0.809. The Balaban J connectivity index is 1.41. The number of nitrogens with one attached hydrogen (secondary N) is 1. The number of carbonyl (C=O) groups is 1. The van der Waals surface area contributed by atoms with Gasteiger partial charge in [0, 0.05) is 43.0 Å². The summed E-state index contributed by atoms with van der Waals surface area (Å²) >= 11 is 0. The highest BCUT2D eigenvalue weighted by molar-refractivity contribution is 7.90. The van der Waals surface area contributed by atoms with E-state index in [9.17, 15) is 13.2 Å². The number of likely N-dealkylation sites (tertiary alicyclic amines) is 1. The molecule has 2 fully saturated rings. The molecule has 2 heterocycles. The second-order valence-electron chi connectivity index (χ2n) is 7.76. The summed E-state index contributed by atoms with van der Waals surface area (Å²) in [6, 6.07) is 13.0. The van der Waals surface area contributed by atoms with Crippen molar-refractivity contribution in [1.82, 2.24) is 14.6 Å². The maximum atomic E-state index is 12.9. The van der Waals surface area contributed by atoms with Crippen LogP contribution in [0.4, 0.5) is 0 Å². The van der Waals surface area contributed by atoms with Crippen molar-refractivity contribution >= 4 is 15.9 Å². The van der Waals surface area contributed by atoms with Crippen LogP contribution in [0.5, 0.6) is 0 Å². The Morgan fingerprint density at radius 3 is 2.54 bits per heavy atom. The molecule has 0 unspecified atom stereocenters. The summed E-state index contributed by atoms with van der Waals surface area (Å²) in [7, 11) is -3.49. The molecule has 1 atom stereocenters. The number of piperidine rings is 1. The van der Waals surface area contributed by atoms with Crippen LogP contribution < -0.4 is 4.72 Å². The summed E-state index contributed by atoms with van der Waals surface area (Å²) in [5.41, 5.74) is 1.63. The molecule has 2 aromatic rings. The molecule has 1 amide bonds. The summed E-state index contributed by atoms with van der Waals surface area (Å²) in [6.07, 6.45) is 6.72. The van der Waals surface area contributed by atoms with E-state index < -0.39 is 15.3 Å². The molecule has 0 bridgehead atoms. The highest BCUT2D eigenvalue weighted by Crippen LogP contribution is 2.47. The van der Waals surface area contributed by atoms with Crippen LogP contribution in [0.1, 0.15) is 41.6 Å². The van der Waals surface area contributed by atoms with Crippen LogP contribution in [0.3, 0.4) is 0 Å². The van der Waals surface area contributed by atoms with Crippen molar-refractivity contribution in [3.63, 3.8) is 0 Å². The van der Waals surface area contributed by atoms with E-state index in [1.165, 1.54) is 0 Å². The largest absolute Gasteiger partial charge is 0.337 e. The topological polar surface area (TPSA) is 79.4 Å². The molecule has 0 radical (unpaired) electrons. The number of hydrogen-bond acceptors (Lipinski definition) is 4. The number of carbonyl (C=O) groups excluding carboxylic acids is 1. The van der Waals surface area contributed by atoms with Gasteiger partial charge in [0.15, 0.2) is 0 Å². The number of rotatable bonds is 6. The zero-order valence-electron chi connectivity index (χ0n) is 15.8. The Kier molecular flexibility index (Phi) is 5.21. The van der Waals surface area contributed by atoms with Gasteiger partial charge in [-0.2, -0.15) is 0 Å². The first-order valence-electron chi connectivity index (χ1n) is 9.74. The van der Waals surface area contributed by atoms with E-state index in [0.29, 0.717) is 31.5 Å². The average molecular weight is 400 g/mol. The Morgan fingerprint density at radius 2 is 1.86 bits per heavy atom. The van der Waals surface area contributed by atoms with Crippen LogP contribution in [0.25, 0.3) is 0 Å². The number of amides is 1. The molecule has 0 spiro atoms. The molecule has 1 saturated heterocycles.